The largest absolute Gasteiger partial charge is 0.352 e. The second-order valence-electron chi connectivity index (χ2n) is 5.78. The van der Waals surface area contributed by atoms with Crippen molar-refractivity contribution in [3.8, 4) is 0 Å². The van der Waals surface area contributed by atoms with Crippen LogP contribution in [0, 0.1) is 11.8 Å². The molecular weight excluding hydrogens is 238 g/mol. The molecule has 0 amide bonds. The van der Waals surface area contributed by atoms with Crippen LogP contribution in [-0.2, 0) is 0 Å². The lowest BCUT2D eigenvalue weighted by Crippen LogP contribution is -2.27. The van der Waals surface area contributed by atoms with Gasteiger partial charge in [-0.25, -0.2) is 4.98 Å². The molecule has 0 radical (unpaired) electrons. The summed E-state index contributed by atoms with van der Waals surface area (Å²) in [6, 6.07) is 7.98. The molecule has 0 saturated heterocycles. The van der Waals surface area contributed by atoms with E-state index in [-0.39, 0.29) is 5.56 Å². The topological polar surface area (TPSA) is 57.8 Å². The Morgan fingerprint density at radius 2 is 1.84 bits per heavy atom. The minimum atomic E-state index is -0.0570. The molecular formula is C15H17N3O. The first-order valence-electron chi connectivity index (χ1n) is 7.07. The highest BCUT2D eigenvalue weighted by atomic mass is 16.1. The highest BCUT2D eigenvalue weighted by Crippen LogP contribution is 2.45. The molecule has 4 rings (SSSR count). The number of benzene rings is 1. The summed E-state index contributed by atoms with van der Waals surface area (Å²) in [5, 5.41) is 4.12. The Hall–Kier alpha value is -1.84. The molecule has 2 aliphatic carbocycles. The van der Waals surface area contributed by atoms with Crippen LogP contribution in [0.5, 0.6) is 0 Å². The van der Waals surface area contributed by atoms with Crippen LogP contribution >= 0.6 is 0 Å². The summed E-state index contributed by atoms with van der Waals surface area (Å²) < 4.78 is 0. The molecule has 2 aliphatic rings. The number of hydrogen-bond acceptors (Lipinski definition) is 3. The zero-order valence-corrected chi connectivity index (χ0v) is 10.7. The van der Waals surface area contributed by atoms with E-state index in [0.29, 0.717) is 17.4 Å². The van der Waals surface area contributed by atoms with Crippen molar-refractivity contribution < 1.29 is 0 Å². The zero-order valence-electron chi connectivity index (χ0n) is 10.7. The molecule has 19 heavy (non-hydrogen) atoms. The number of rotatable bonds is 4. The summed E-state index contributed by atoms with van der Waals surface area (Å²) in [6.07, 6.45) is 5.25. The number of anilines is 1. The maximum absolute atomic E-state index is 12.0. The van der Waals surface area contributed by atoms with Crippen LogP contribution < -0.4 is 10.9 Å². The lowest BCUT2D eigenvalue weighted by atomic mass is 10.1. The van der Waals surface area contributed by atoms with Gasteiger partial charge in [0.1, 0.15) is 0 Å². The van der Waals surface area contributed by atoms with E-state index in [1.54, 1.807) is 0 Å². The van der Waals surface area contributed by atoms with E-state index >= 15 is 0 Å². The van der Waals surface area contributed by atoms with Gasteiger partial charge < -0.3 is 5.32 Å². The van der Waals surface area contributed by atoms with Crippen molar-refractivity contribution in [2.75, 3.05) is 5.32 Å². The van der Waals surface area contributed by atoms with E-state index < -0.39 is 0 Å². The zero-order chi connectivity index (χ0) is 12.8. The van der Waals surface area contributed by atoms with Crippen molar-refractivity contribution in [3.63, 3.8) is 0 Å². The molecule has 2 saturated carbocycles. The SMILES string of the molecule is O=c1[nH]c(NC(C2CC2)C2CC2)nc2ccccc12. The van der Waals surface area contributed by atoms with Crippen molar-refractivity contribution in [3.05, 3.63) is 34.6 Å². The Morgan fingerprint density at radius 3 is 2.53 bits per heavy atom. The van der Waals surface area contributed by atoms with Crippen LogP contribution in [0.4, 0.5) is 5.95 Å². The second-order valence-corrected chi connectivity index (χ2v) is 5.78. The molecule has 0 spiro atoms. The van der Waals surface area contributed by atoms with Gasteiger partial charge >= 0.3 is 0 Å². The Kier molecular flexibility index (Phi) is 2.37. The summed E-state index contributed by atoms with van der Waals surface area (Å²) in [7, 11) is 0. The molecule has 0 unspecified atom stereocenters. The van der Waals surface area contributed by atoms with Crippen LogP contribution in [0.25, 0.3) is 10.9 Å². The molecule has 1 aromatic carbocycles. The molecule has 2 fully saturated rings. The molecule has 2 aromatic rings. The van der Waals surface area contributed by atoms with E-state index in [0.717, 1.165) is 17.4 Å². The monoisotopic (exact) mass is 255 g/mol. The lowest BCUT2D eigenvalue weighted by Gasteiger charge is -2.17. The van der Waals surface area contributed by atoms with Crippen LogP contribution in [0.15, 0.2) is 29.1 Å². The summed E-state index contributed by atoms with van der Waals surface area (Å²) in [5.41, 5.74) is 0.706. The molecule has 1 aromatic heterocycles. The molecule has 1 heterocycles. The van der Waals surface area contributed by atoms with Gasteiger partial charge in [-0.3, -0.25) is 9.78 Å². The molecule has 4 nitrogen and oxygen atoms in total. The normalized spacial score (nSPS) is 19.0. The first-order valence-corrected chi connectivity index (χ1v) is 7.07. The third-order valence-electron chi connectivity index (χ3n) is 4.18. The summed E-state index contributed by atoms with van der Waals surface area (Å²) in [4.78, 5) is 19.4. The van der Waals surface area contributed by atoms with Gasteiger partial charge in [-0.2, -0.15) is 0 Å². The molecule has 4 heteroatoms. The predicted molar refractivity (Wildman–Crippen MR) is 75.2 cm³/mol. The fraction of sp³-hybridized carbons (Fsp3) is 0.467. The van der Waals surface area contributed by atoms with Crippen molar-refractivity contribution in [2.24, 2.45) is 11.8 Å². The first kappa shape index (κ1) is 11.0. The Morgan fingerprint density at radius 1 is 1.16 bits per heavy atom. The third-order valence-corrected chi connectivity index (χ3v) is 4.18. The van der Waals surface area contributed by atoms with Crippen molar-refractivity contribution in [2.45, 2.75) is 31.7 Å². The van der Waals surface area contributed by atoms with E-state index in [4.69, 9.17) is 0 Å². The van der Waals surface area contributed by atoms with Gasteiger partial charge in [0.2, 0.25) is 5.95 Å². The van der Waals surface area contributed by atoms with Gasteiger partial charge in [-0.05, 0) is 49.7 Å². The van der Waals surface area contributed by atoms with Crippen molar-refractivity contribution in [1.29, 1.82) is 0 Å². The van der Waals surface area contributed by atoms with Gasteiger partial charge in [0.05, 0.1) is 10.9 Å². The summed E-state index contributed by atoms with van der Waals surface area (Å²) in [6.45, 7) is 0. The smallest absolute Gasteiger partial charge is 0.260 e. The van der Waals surface area contributed by atoms with Crippen LogP contribution in [0.2, 0.25) is 0 Å². The van der Waals surface area contributed by atoms with E-state index in [1.165, 1.54) is 25.7 Å². The summed E-state index contributed by atoms with van der Waals surface area (Å²) >= 11 is 0. The fourth-order valence-corrected chi connectivity index (χ4v) is 2.84. The minimum absolute atomic E-state index is 0.0570. The van der Waals surface area contributed by atoms with Gasteiger partial charge in [0.15, 0.2) is 0 Å². The quantitative estimate of drug-likeness (QED) is 0.882. The number of nitrogens with one attached hydrogen (secondary N) is 2. The molecule has 0 atom stereocenters. The van der Waals surface area contributed by atoms with Crippen molar-refractivity contribution in [1.82, 2.24) is 9.97 Å². The first-order chi connectivity index (χ1) is 9.31. The van der Waals surface area contributed by atoms with E-state index in [2.05, 4.69) is 15.3 Å². The Balaban J connectivity index is 1.68. The van der Waals surface area contributed by atoms with Gasteiger partial charge in [-0.1, -0.05) is 12.1 Å². The molecule has 0 aliphatic heterocycles. The number of fused-ring (bicyclic) bond motifs is 1. The van der Waals surface area contributed by atoms with Crippen molar-refractivity contribution >= 4 is 16.9 Å². The van der Waals surface area contributed by atoms with E-state index in [1.807, 2.05) is 24.3 Å². The number of aromatic nitrogens is 2. The van der Waals surface area contributed by atoms with Crippen LogP contribution in [0.3, 0.4) is 0 Å². The Bertz CT molecular complexity index is 658. The average molecular weight is 255 g/mol. The van der Waals surface area contributed by atoms with Gasteiger partial charge in [0, 0.05) is 6.04 Å². The number of hydrogen-bond donors (Lipinski definition) is 2. The highest BCUT2D eigenvalue weighted by Gasteiger charge is 2.41. The van der Waals surface area contributed by atoms with Crippen LogP contribution in [0.1, 0.15) is 25.7 Å². The standard InChI is InChI=1S/C15H17N3O/c19-14-11-3-1-2-4-12(11)16-15(18-14)17-13(9-5-6-9)10-7-8-10/h1-4,9-10,13H,5-8H2,(H2,16,17,18,19). The summed E-state index contributed by atoms with van der Waals surface area (Å²) in [5.74, 6) is 2.20. The molecule has 98 valence electrons. The van der Waals surface area contributed by atoms with E-state index in [9.17, 15) is 4.79 Å². The maximum Gasteiger partial charge on any atom is 0.260 e. The third kappa shape index (κ3) is 2.11. The maximum atomic E-state index is 12.0. The van der Waals surface area contributed by atoms with Gasteiger partial charge in [-0.15, -0.1) is 0 Å². The predicted octanol–water partition coefficient (Wildman–Crippen LogP) is 2.52. The average Bonchev–Trinajstić information content (AvgIpc) is 3.28. The second kappa shape index (κ2) is 4.08. The number of nitrogens with zero attached hydrogens (tertiary/aromatic N) is 1. The number of para-hydroxylation sites is 1. The van der Waals surface area contributed by atoms with Crippen LogP contribution in [-0.4, -0.2) is 16.0 Å². The van der Waals surface area contributed by atoms with Gasteiger partial charge in [0.25, 0.3) is 5.56 Å². The Labute approximate surface area is 111 Å². The minimum Gasteiger partial charge on any atom is -0.352 e. The molecule has 0 bridgehead atoms. The number of aromatic amines is 1. The number of H-pyrrole nitrogens is 1. The molecule has 2 N–H and O–H groups in total. The lowest BCUT2D eigenvalue weighted by molar-refractivity contribution is 0.563. The highest BCUT2D eigenvalue weighted by molar-refractivity contribution is 5.78. The fourth-order valence-electron chi connectivity index (χ4n) is 2.84.